The topological polar surface area (TPSA) is 82.2 Å². The van der Waals surface area contributed by atoms with Crippen LogP contribution in [0.3, 0.4) is 0 Å². The number of piperidine rings is 1. The number of carbonyl (C=O) groups excluding carboxylic acids is 1. The Morgan fingerprint density at radius 2 is 1.88 bits per heavy atom. The smallest absolute Gasteiger partial charge is 0.272 e. The summed E-state index contributed by atoms with van der Waals surface area (Å²) in [4.78, 5) is 19.9. The van der Waals surface area contributed by atoms with Crippen molar-refractivity contribution >= 4 is 5.91 Å². The molecule has 2 aromatic rings. The van der Waals surface area contributed by atoms with Crippen molar-refractivity contribution in [3.63, 3.8) is 0 Å². The predicted molar refractivity (Wildman–Crippen MR) is 154 cm³/mol. The van der Waals surface area contributed by atoms with Gasteiger partial charge in [-0.3, -0.25) is 4.79 Å². The van der Waals surface area contributed by atoms with E-state index < -0.39 is 0 Å². The SMILES string of the molecule is COc1cc(CC[C@H]2CCC[C@@H](c3ccc(C)cc3)O2)cc(C(=O)N2CCC(N[C@H]3CCOC[C@H]3OC)CC2)n1. The van der Waals surface area contributed by atoms with Gasteiger partial charge in [-0.2, -0.15) is 0 Å². The quantitative estimate of drug-likeness (QED) is 0.486. The average Bonchev–Trinajstić information content (AvgIpc) is 3.00. The van der Waals surface area contributed by atoms with Crippen LogP contribution in [0.5, 0.6) is 5.88 Å². The number of likely N-dealkylation sites (tertiary alicyclic amines) is 1. The van der Waals surface area contributed by atoms with Gasteiger partial charge in [0, 0.05) is 45.0 Å². The van der Waals surface area contributed by atoms with Crippen LogP contribution in [0.1, 0.15) is 78.2 Å². The van der Waals surface area contributed by atoms with E-state index in [2.05, 4.69) is 41.5 Å². The van der Waals surface area contributed by atoms with Crippen molar-refractivity contribution in [1.82, 2.24) is 15.2 Å². The Morgan fingerprint density at radius 1 is 1.07 bits per heavy atom. The van der Waals surface area contributed by atoms with E-state index in [1.165, 1.54) is 11.1 Å². The number of rotatable bonds is 9. The summed E-state index contributed by atoms with van der Waals surface area (Å²) in [6.07, 6.45) is 8.26. The van der Waals surface area contributed by atoms with Gasteiger partial charge in [0.05, 0.1) is 32.0 Å². The van der Waals surface area contributed by atoms with Crippen LogP contribution in [0.25, 0.3) is 0 Å². The molecule has 0 saturated carbocycles. The molecule has 3 fully saturated rings. The van der Waals surface area contributed by atoms with E-state index in [-0.39, 0.29) is 24.2 Å². The lowest BCUT2D eigenvalue weighted by atomic mass is 9.95. The highest BCUT2D eigenvalue weighted by Gasteiger charge is 2.31. The lowest BCUT2D eigenvalue weighted by molar-refractivity contribution is -0.0546. The number of pyridine rings is 1. The largest absolute Gasteiger partial charge is 0.481 e. The minimum atomic E-state index is -0.0206. The van der Waals surface area contributed by atoms with Crippen LogP contribution in [-0.4, -0.2) is 80.6 Å². The molecule has 8 heteroatoms. The fourth-order valence-electron chi connectivity index (χ4n) is 6.23. The molecule has 5 rings (SSSR count). The highest BCUT2D eigenvalue weighted by atomic mass is 16.5. The van der Waals surface area contributed by atoms with Crippen molar-refractivity contribution in [2.45, 2.75) is 88.7 Å². The van der Waals surface area contributed by atoms with Crippen LogP contribution in [0.2, 0.25) is 0 Å². The molecule has 218 valence electrons. The maximum atomic E-state index is 13.5. The summed E-state index contributed by atoms with van der Waals surface area (Å²) in [5.41, 5.74) is 4.06. The van der Waals surface area contributed by atoms with E-state index in [1.54, 1.807) is 14.2 Å². The highest BCUT2D eigenvalue weighted by Crippen LogP contribution is 2.33. The molecule has 3 aliphatic heterocycles. The number of aryl methyl sites for hydroxylation is 2. The zero-order valence-electron chi connectivity index (χ0n) is 24.3. The Balaban J connectivity index is 1.15. The van der Waals surface area contributed by atoms with Crippen LogP contribution in [0, 0.1) is 6.92 Å². The molecule has 3 aliphatic rings. The summed E-state index contributed by atoms with van der Waals surface area (Å²) in [6.45, 7) is 4.93. The summed E-state index contributed by atoms with van der Waals surface area (Å²) < 4.78 is 23.1. The number of nitrogens with one attached hydrogen (secondary N) is 1. The van der Waals surface area contributed by atoms with Gasteiger partial charge in [-0.15, -0.1) is 0 Å². The Hall–Kier alpha value is -2.52. The number of methoxy groups -OCH3 is 2. The minimum absolute atomic E-state index is 0.0206. The second-order valence-electron chi connectivity index (χ2n) is 11.5. The van der Waals surface area contributed by atoms with E-state index in [4.69, 9.17) is 18.9 Å². The number of ether oxygens (including phenoxy) is 4. The second kappa shape index (κ2) is 13.9. The second-order valence-corrected chi connectivity index (χ2v) is 11.5. The zero-order valence-corrected chi connectivity index (χ0v) is 24.3. The molecule has 3 saturated heterocycles. The standard InChI is InChI=1S/C32H45N3O5/c1-22-7-10-24(11-8-22)29-6-4-5-26(40-29)12-9-23-19-28(34-31(20-23)38-3)32(36)35-16-13-25(14-17-35)33-27-15-18-39-21-30(27)37-2/h7-8,10-11,19-20,25-27,29-30,33H,4-6,9,12-18,21H2,1-3H3/t26-,27+,29+,30-/m1/s1. The molecule has 4 atom stereocenters. The maximum Gasteiger partial charge on any atom is 0.272 e. The molecule has 0 unspecified atom stereocenters. The third-order valence-electron chi connectivity index (χ3n) is 8.68. The first-order valence-electron chi connectivity index (χ1n) is 14.9. The monoisotopic (exact) mass is 551 g/mol. The number of hydrogen-bond acceptors (Lipinski definition) is 7. The summed E-state index contributed by atoms with van der Waals surface area (Å²) >= 11 is 0. The van der Waals surface area contributed by atoms with Crippen LogP contribution in [-0.2, 0) is 20.6 Å². The number of aromatic nitrogens is 1. The lowest BCUT2D eigenvalue weighted by Crippen LogP contribution is -2.54. The summed E-state index contributed by atoms with van der Waals surface area (Å²) in [7, 11) is 3.35. The van der Waals surface area contributed by atoms with Crippen molar-refractivity contribution < 1.29 is 23.7 Å². The number of amides is 1. The Bertz CT molecular complexity index is 1100. The van der Waals surface area contributed by atoms with Gasteiger partial charge in [0.25, 0.3) is 5.91 Å². The van der Waals surface area contributed by atoms with Gasteiger partial charge < -0.3 is 29.2 Å². The Kier molecular flexibility index (Phi) is 10.1. The van der Waals surface area contributed by atoms with Crippen molar-refractivity contribution in [2.75, 3.05) is 40.5 Å². The van der Waals surface area contributed by atoms with E-state index in [0.717, 1.165) is 63.5 Å². The summed E-state index contributed by atoms with van der Waals surface area (Å²) in [5.74, 6) is 0.470. The molecule has 0 aliphatic carbocycles. The van der Waals surface area contributed by atoms with E-state index >= 15 is 0 Å². The van der Waals surface area contributed by atoms with Gasteiger partial charge in [0.1, 0.15) is 5.69 Å². The van der Waals surface area contributed by atoms with Gasteiger partial charge in [0.15, 0.2) is 0 Å². The predicted octanol–water partition coefficient (Wildman–Crippen LogP) is 4.64. The first kappa shape index (κ1) is 29.0. The van der Waals surface area contributed by atoms with E-state index in [1.807, 2.05) is 17.0 Å². The molecule has 8 nitrogen and oxygen atoms in total. The van der Waals surface area contributed by atoms with Crippen molar-refractivity contribution in [1.29, 1.82) is 0 Å². The molecule has 0 radical (unpaired) electrons. The minimum Gasteiger partial charge on any atom is -0.481 e. The molecule has 1 amide bonds. The highest BCUT2D eigenvalue weighted by molar-refractivity contribution is 5.92. The van der Waals surface area contributed by atoms with Gasteiger partial charge in [0.2, 0.25) is 5.88 Å². The van der Waals surface area contributed by atoms with Gasteiger partial charge in [-0.05, 0) is 75.5 Å². The lowest BCUT2D eigenvalue weighted by Gasteiger charge is -2.38. The Labute approximate surface area is 238 Å². The van der Waals surface area contributed by atoms with Crippen molar-refractivity contribution in [2.24, 2.45) is 0 Å². The molecule has 4 heterocycles. The maximum absolute atomic E-state index is 13.5. The third kappa shape index (κ3) is 7.40. The molecule has 1 N–H and O–H groups in total. The summed E-state index contributed by atoms with van der Waals surface area (Å²) in [5, 5.41) is 3.76. The summed E-state index contributed by atoms with van der Waals surface area (Å²) in [6, 6.07) is 13.3. The Morgan fingerprint density at radius 3 is 2.62 bits per heavy atom. The van der Waals surface area contributed by atoms with Gasteiger partial charge >= 0.3 is 0 Å². The average molecular weight is 552 g/mol. The molecular weight excluding hydrogens is 506 g/mol. The van der Waals surface area contributed by atoms with Crippen LogP contribution in [0.4, 0.5) is 0 Å². The number of hydrogen-bond donors (Lipinski definition) is 1. The van der Waals surface area contributed by atoms with Crippen molar-refractivity contribution in [3.8, 4) is 5.88 Å². The fraction of sp³-hybridized carbons (Fsp3) is 0.625. The number of nitrogens with zero attached hydrogens (tertiary/aromatic N) is 2. The molecule has 40 heavy (non-hydrogen) atoms. The van der Waals surface area contributed by atoms with Gasteiger partial charge in [-0.1, -0.05) is 29.8 Å². The first-order valence-corrected chi connectivity index (χ1v) is 14.9. The number of carbonyl (C=O) groups is 1. The normalized spacial score (nSPS) is 26.0. The molecule has 0 spiro atoms. The van der Waals surface area contributed by atoms with Crippen LogP contribution < -0.4 is 10.1 Å². The molecular formula is C32H45N3O5. The van der Waals surface area contributed by atoms with Crippen molar-refractivity contribution in [3.05, 3.63) is 58.8 Å². The van der Waals surface area contributed by atoms with Crippen LogP contribution >= 0.6 is 0 Å². The first-order chi connectivity index (χ1) is 19.5. The van der Waals surface area contributed by atoms with E-state index in [9.17, 15) is 4.79 Å². The number of benzene rings is 1. The third-order valence-corrected chi connectivity index (χ3v) is 8.68. The fourth-order valence-corrected chi connectivity index (χ4v) is 6.23. The van der Waals surface area contributed by atoms with E-state index in [0.29, 0.717) is 43.4 Å². The van der Waals surface area contributed by atoms with Gasteiger partial charge in [-0.25, -0.2) is 4.98 Å². The molecule has 1 aromatic heterocycles. The van der Waals surface area contributed by atoms with Crippen LogP contribution in [0.15, 0.2) is 36.4 Å². The molecule has 0 bridgehead atoms. The zero-order chi connectivity index (χ0) is 27.9. The molecule has 1 aromatic carbocycles.